The molecule has 0 heterocycles. The largest absolute Gasteiger partial charge is 0.423 e. The molecule has 4 aromatic carbocycles. The number of urea groups is 1. The van der Waals surface area contributed by atoms with Gasteiger partial charge in [0.1, 0.15) is 5.75 Å². The van der Waals surface area contributed by atoms with E-state index in [1.807, 2.05) is 24.3 Å². The summed E-state index contributed by atoms with van der Waals surface area (Å²) < 4.78 is 5.50. The molecule has 0 aromatic heterocycles. The average Bonchev–Trinajstić information content (AvgIpc) is 2.75. The van der Waals surface area contributed by atoms with Gasteiger partial charge >= 0.3 is 12.0 Å². The Hall–Kier alpha value is -3.83. The predicted molar refractivity (Wildman–Crippen MR) is 119 cm³/mol. The summed E-state index contributed by atoms with van der Waals surface area (Å²) in [7, 11) is 0. The minimum Gasteiger partial charge on any atom is -0.423 e. The van der Waals surface area contributed by atoms with E-state index in [0.717, 1.165) is 10.8 Å². The Bertz CT molecular complexity index is 1230. The van der Waals surface area contributed by atoms with Gasteiger partial charge in [0.15, 0.2) is 0 Å². The first-order valence-corrected chi connectivity index (χ1v) is 9.60. The first-order valence-electron chi connectivity index (χ1n) is 9.22. The van der Waals surface area contributed by atoms with Gasteiger partial charge in [0.25, 0.3) is 0 Å². The third-order valence-corrected chi connectivity index (χ3v) is 4.64. The second-order valence-electron chi connectivity index (χ2n) is 6.53. The molecule has 2 amide bonds. The van der Waals surface area contributed by atoms with Crippen LogP contribution in [0.4, 0.5) is 16.2 Å². The molecule has 148 valence electrons. The number of halogens is 1. The van der Waals surface area contributed by atoms with E-state index >= 15 is 0 Å². The Kier molecular flexibility index (Phi) is 5.63. The molecular formula is C24H17ClN2O3. The summed E-state index contributed by atoms with van der Waals surface area (Å²) >= 11 is 5.96. The van der Waals surface area contributed by atoms with Crippen LogP contribution in [0.3, 0.4) is 0 Å². The fourth-order valence-electron chi connectivity index (χ4n) is 3.02. The van der Waals surface area contributed by atoms with Crippen LogP contribution in [-0.4, -0.2) is 12.0 Å². The van der Waals surface area contributed by atoms with Crippen LogP contribution in [0.15, 0.2) is 91.0 Å². The van der Waals surface area contributed by atoms with Crippen molar-refractivity contribution in [2.45, 2.75) is 0 Å². The summed E-state index contributed by atoms with van der Waals surface area (Å²) in [5.41, 5.74) is 1.63. The Labute approximate surface area is 178 Å². The zero-order valence-electron chi connectivity index (χ0n) is 15.8. The van der Waals surface area contributed by atoms with Crippen LogP contribution in [0.5, 0.6) is 5.75 Å². The summed E-state index contributed by atoms with van der Waals surface area (Å²) in [6.45, 7) is 0. The number of hydrogen-bond acceptors (Lipinski definition) is 3. The van der Waals surface area contributed by atoms with E-state index in [4.69, 9.17) is 16.3 Å². The van der Waals surface area contributed by atoms with E-state index in [-0.39, 0.29) is 0 Å². The topological polar surface area (TPSA) is 67.4 Å². The number of hydrogen-bond donors (Lipinski definition) is 2. The number of nitrogens with one attached hydrogen (secondary N) is 2. The Morgan fingerprint density at radius 1 is 0.767 bits per heavy atom. The molecule has 4 rings (SSSR count). The molecule has 0 atom stereocenters. The van der Waals surface area contributed by atoms with Crippen molar-refractivity contribution in [2.24, 2.45) is 0 Å². The molecular weight excluding hydrogens is 400 g/mol. The standard InChI is InChI=1S/C24H17ClN2O3/c25-18-9-5-10-19(14-18)26-24(29)27-22-11-4-8-16-12-13-20(15-21(16)22)30-23(28)17-6-2-1-3-7-17/h1-15H,(H2,26,27,29). The second-order valence-corrected chi connectivity index (χ2v) is 6.97. The molecule has 0 aliphatic heterocycles. The van der Waals surface area contributed by atoms with Crippen LogP contribution in [0.25, 0.3) is 10.8 Å². The molecule has 0 aliphatic rings. The van der Waals surface area contributed by atoms with Crippen molar-refractivity contribution in [3.05, 3.63) is 102 Å². The van der Waals surface area contributed by atoms with E-state index in [2.05, 4.69) is 10.6 Å². The Morgan fingerprint density at radius 3 is 2.37 bits per heavy atom. The number of rotatable bonds is 4. The molecule has 0 spiro atoms. The lowest BCUT2D eigenvalue weighted by Crippen LogP contribution is -2.19. The van der Waals surface area contributed by atoms with Gasteiger partial charge in [-0.05, 0) is 53.9 Å². The Morgan fingerprint density at radius 2 is 1.57 bits per heavy atom. The van der Waals surface area contributed by atoms with Crippen molar-refractivity contribution in [3.8, 4) is 5.75 Å². The van der Waals surface area contributed by atoms with E-state index in [1.165, 1.54) is 0 Å². The van der Waals surface area contributed by atoms with Crippen molar-refractivity contribution < 1.29 is 14.3 Å². The SMILES string of the molecule is O=C(Nc1cccc(Cl)c1)Nc1cccc2ccc(OC(=O)c3ccccc3)cc12. The smallest absolute Gasteiger partial charge is 0.343 e. The lowest BCUT2D eigenvalue weighted by atomic mass is 10.1. The van der Waals surface area contributed by atoms with E-state index in [0.29, 0.717) is 27.7 Å². The minimum atomic E-state index is -0.445. The highest BCUT2D eigenvalue weighted by molar-refractivity contribution is 6.30. The van der Waals surface area contributed by atoms with Crippen LogP contribution in [0, 0.1) is 0 Å². The summed E-state index contributed by atoms with van der Waals surface area (Å²) in [4.78, 5) is 24.8. The van der Waals surface area contributed by atoms with Crippen molar-refractivity contribution in [2.75, 3.05) is 10.6 Å². The normalized spacial score (nSPS) is 10.4. The minimum absolute atomic E-state index is 0.390. The van der Waals surface area contributed by atoms with E-state index in [1.54, 1.807) is 66.7 Å². The molecule has 0 bridgehead atoms. The summed E-state index contributed by atoms with van der Waals surface area (Å²) in [6.07, 6.45) is 0. The number of esters is 1. The predicted octanol–water partition coefficient (Wildman–Crippen LogP) is 6.36. The van der Waals surface area contributed by atoms with Crippen LogP contribution >= 0.6 is 11.6 Å². The van der Waals surface area contributed by atoms with Crippen LogP contribution in [0.2, 0.25) is 5.02 Å². The third kappa shape index (κ3) is 4.59. The number of anilines is 2. The van der Waals surface area contributed by atoms with Crippen LogP contribution < -0.4 is 15.4 Å². The average molecular weight is 417 g/mol. The maximum Gasteiger partial charge on any atom is 0.343 e. The molecule has 0 aliphatic carbocycles. The van der Waals surface area contributed by atoms with E-state index < -0.39 is 12.0 Å². The fourth-order valence-corrected chi connectivity index (χ4v) is 3.21. The molecule has 4 aromatic rings. The van der Waals surface area contributed by atoms with Crippen LogP contribution in [-0.2, 0) is 0 Å². The van der Waals surface area contributed by atoms with Gasteiger partial charge < -0.3 is 15.4 Å². The van der Waals surface area contributed by atoms with Crippen molar-refractivity contribution >= 4 is 45.7 Å². The van der Waals surface area contributed by atoms with Gasteiger partial charge in [-0.3, -0.25) is 0 Å². The molecule has 0 saturated heterocycles. The zero-order chi connectivity index (χ0) is 20.9. The molecule has 0 fully saturated rings. The van der Waals surface area contributed by atoms with Crippen molar-refractivity contribution in [1.29, 1.82) is 0 Å². The molecule has 0 saturated carbocycles. The lowest BCUT2D eigenvalue weighted by Gasteiger charge is -2.12. The summed E-state index contributed by atoms with van der Waals surface area (Å²) in [5, 5.41) is 7.75. The molecule has 0 radical (unpaired) electrons. The molecule has 30 heavy (non-hydrogen) atoms. The second kappa shape index (κ2) is 8.68. The maximum atomic E-state index is 12.4. The summed E-state index contributed by atoms with van der Waals surface area (Å²) in [6, 6.07) is 26.1. The van der Waals surface area contributed by atoms with Gasteiger partial charge in [-0.15, -0.1) is 0 Å². The van der Waals surface area contributed by atoms with Crippen LogP contribution in [0.1, 0.15) is 10.4 Å². The lowest BCUT2D eigenvalue weighted by molar-refractivity contribution is 0.0735. The van der Waals surface area contributed by atoms with Gasteiger partial charge in [0.2, 0.25) is 0 Å². The quantitative estimate of drug-likeness (QED) is 0.300. The highest BCUT2D eigenvalue weighted by Crippen LogP contribution is 2.28. The van der Waals surface area contributed by atoms with Crippen molar-refractivity contribution in [1.82, 2.24) is 0 Å². The highest BCUT2D eigenvalue weighted by atomic mass is 35.5. The monoisotopic (exact) mass is 416 g/mol. The molecule has 6 heteroatoms. The van der Waals surface area contributed by atoms with Gasteiger partial charge in [0.05, 0.1) is 11.3 Å². The first-order chi connectivity index (χ1) is 14.6. The highest BCUT2D eigenvalue weighted by Gasteiger charge is 2.11. The van der Waals surface area contributed by atoms with E-state index in [9.17, 15) is 9.59 Å². The van der Waals surface area contributed by atoms with Gasteiger partial charge in [-0.1, -0.05) is 54.1 Å². The third-order valence-electron chi connectivity index (χ3n) is 4.40. The number of fused-ring (bicyclic) bond motifs is 1. The van der Waals surface area contributed by atoms with Gasteiger partial charge in [-0.25, -0.2) is 9.59 Å². The zero-order valence-corrected chi connectivity index (χ0v) is 16.5. The fraction of sp³-hybridized carbons (Fsp3) is 0. The molecule has 5 nitrogen and oxygen atoms in total. The van der Waals surface area contributed by atoms with Crippen molar-refractivity contribution in [3.63, 3.8) is 0 Å². The van der Waals surface area contributed by atoms with Gasteiger partial charge in [0, 0.05) is 16.1 Å². The number of carbonyl (C=O) groups is 2. The summed E-state index contributed by atoms with van der Waals surface area (Å²) in [5.74, 6) is -0.0556. The number of ether oxygens (including phenoxy) is 1. The number of amides is 2. The number of benzene rings is 4. The first kappa shape index (κ1) is 19.5. The Balaban J connectivity index is 1.55. The molecule has 0 unspecified atom stereocenters. The van der Waals surface area contributed by atoms with Gasteiger partial charge in [-0.2, -0.15) is 0 Å². The maximum absolute atomic E-state index is 12.4. The number of carbonyl (C=O) groups excluding carboxylic acids is 2. The molecule has 2 N–H and O–H groups in total.